The molecule has 1 fully saturated rings. The Morgan fingerprint density at radius 2 is 1.40 bits per heavy atom. The van der Waals surface area contributed by atoms with Crippen molar-refractivity contribution in [2.24, 2.45) is 5.92 Å². The summed E-state index contributed by atoms with van der Waals surface area (Å²) in [6, 6.07) is 19.3. The van der Waals surface area contributed by atoms with E-state index in [9.17, 15) is 8.78 Å². The van der Waals surface area contributed by atoms with Gasteiger partial charge in [0.1, 0.15) is 11.6 Å². The fourth-order valence-corrected chi connectivity index (χ4v) is 4.54. The van der Waals surface area contributed by atoms with Crippen LogP contribution in [0.1, 0.15) is 60.8 Å². The lowest BCUT2D eigenvalue weighted by atomic mass is 9.79. The Hall–Kier alpha value is -2.48. The first-order chi connectivity index (χ1) is 14.5. The molecule has 3 aromatic rings. The molecule has 30 heavy (non-hydrogen) atoms. The lowest BCUT2D eigenvalue weighted by Gasteiger charge is -2.26. The molecule has 0 saturated heterocycles. The van der Waals surface area contributed by atoms with Gasteiger partial charge in [0.05, 0.1) is 0 Å². The van der Waals surface area contributed by atoms with Crippen molar-refractivity contribution in [2.75, 3.05) is 0 Å². The van der Waals surface area contributed by atoms with Crippen LogP contribution in [0.25, 0.3) is 11.1 Å². The highest BCUT2D eigenvalue weighted by Gasteiger charge is 2.20. The molecule has 0 bridgehead atoms. The third-order valence-corrected chi connectivity index (χ3v) is 6.68. The summed E-state index contributed by atoms with van der Waals surface area (Å²) >= 11 is 0. The normalized spacial score (nSPS) is 19.1. The minimum Gasteiger partial charge on any atom is -0.207 e. The van der Waals surface area contributed by atoms with Crippen molar-refractivity contribution in [1.29, 1.82) is 0 Å². The van der Waals surface area contributed by atoms with E-state index in [2.05, 4.69) is 25.1 Å². The van der Waals surface area contributed by atoms with Gasteiger partial charge in [-0.05, 0) is 84.4 Å². The Bertz CT molecular complexity index is 996. The van der Waals surface area contributed by atoms with E-state index in [1.807, 2.05) is 30.3 Å². The Kier molecular flexibility index (Phi) is 6.32. The Morgan fingerprint density at radius 1 is 0.733 bits per heavy atom. The molecule has 2 heteroatoms. The molecular formula is C28H30F2. The second kappa shape index (κ2) is 9.12. The van der Waals surface area contributed by atoms with E-state index in [-0.39, 0.29) is 11.6 Å². The number of halogens is 2. The molecule has 0 aliphatic heterocycles. The third-order valence-electron chi connectivity index (χ3n) is 6.68. The Balaban J connectivity index is 1.42. The lowest BCUT2D eigenvalue weighted by Crippen LogP contribution is -2.11. The van der Waals surface area contributed by atoms with Crippen LogP contribution in [-0.4, -0.2) is 0 Å². The first-order valence-electron chi connectivity index (χ1n) is 11.1. The predicted octanol–water partition coefficient (Wildman–Crippen LogP) is 8.02. The predicted molar refractivity (Wildman–Crippen MR) is 121 cm³/mol. The van der Waals surface area contributed by atoms with Crippen LogP contribution in [0.3, 0.4) is 0 Å². The van der Waals surface area contributed by atoms with Crippen LogP contribution in [0.15, 0.2) is 60.7 Å². The van der Waals surface area contributed by atoms with Gasteiger partial charge in [-0.3, -0.25) is 0 Å². The average molecular weight is 405 g/mol. The maximum atomic E-state index is 14.9. The van der Waals surface area contributed by atoms with Crippen molar-refractivity contribution in [3.8, 4) is 11.1 Å². The average Bonchev–Trinajstić information content (AvgIpc) is 2.75. The van der Waals surface area contributed by atoms with Crippen LogP contribution in [0.4, 0.5) is 8.78 Å². The van der Waals surface area contributed by atoms with Crippen molar-refractivity contribution in [2.45, 2.75) is 58.3 Å². The first kappa shape index (κ1) is 20.8. The van der Waals surface area contributed by atoms with Gasteiger partial charge in [-0.15, -0.1) is 0 Å². The molecule has 1 aliphatic carbocycles. The molecule has 0 heterocycles. The highest BCUT2D eigenvalue weighted by Crippen LogP contribution is 2.37. The number of hydrogen-bond acceptors (Lipinski definition) is 0. The van der Waals surface area contributed by atoms with E-state index in [4.69, 9.17) is 0 Å². The maximum absolute atomic E-state index is 14.9. The number of benzene rings is 3. The second-order valence-corrected chi connectivity index (χ2v) is 8.98. The van der Waals surface area contributed by atoms with Gasteiger partial charge in [-0.25, -0.2) is 8.78 Å². The van der Waals surface area contributed by atoms with Gasteiger partial charge >= 0.3 is 0 Å². The SMILES string of the molecule is Cc1ccc(CCc2ccc(-c3ccc(C4CCC(C)CC4)cc3F)cc2)cc1F. The summed E-state index contributed by atoms with van der Waals surface area (Å²) in [5.74, 6) is 1.02. The summed E-state index contributed by atoms with van der Waals surface area (Å²) in [5.41, 5.74) is 5.56. The molecule has 0 N–H and O–H groups in total. The molecule has 156 valence electrons. The smallest absolute Gasteiger partial charge is 0.131 e. The topological polar surface area (TPSA) is 0 Å². The zero-order valence-electron chi connectivity index (χ0n) is 17.9. The fourth-order valence-electron chi connectivity index (χ4n) is 4.54. The summed E-state index contributed by atoms with van der Waals surface area (Å²) < 4.78 is 28.6. The van der Waals surface area contributed by atoms with Crippen LogP contribution in [0.5, 0.6) is 0 Å². The highest BCUT2D eigenvalue weighted by molar-refractivity contribution is 5.65. The quantitative estimate of drug-likeness (QED) is 0.404. The molecule has 0 unspecified atom stereocenters. The van der Waals surface area contributed by atoms with Crippen LogP contribution in [0, 0.1) is 24.5 Å². The number of aryl methyl sites for hydroxylation is 3. The molecule has 0 atom stereocenters. The van der Waals surface area contributed by atoms with Crippen molar-refractivity contribution in [1.82, 2.24) is 0 Å². The van der Waals surface area contributed by atoms with Gasteiger partial charge in [0.2, 0.25) is 0 Å². The molecule has 1 saturated carbocycles. The lowest BCUT2D eigenvalue weighted by molar-refractivity contribution is 0.347. The zero-order valence-corrected chi connectivity index (χ0v) is 17.9. The summed E-state index contributed by atoms with van der Waals surface area (Å²) in [7, 11) is 0. The summed E-state index contributed by atoms with van der Waals surface area (Å²) in [4.78, 5) is 0. The van der Waals surface area contributed by atoms with Gasteiger partial charge in [0, 0.05) is 5.56 Å². The van der Waals surface area contributed by atoms with Crippen LogP contribution >= 0.6 is 0 Å². The standard InChI is InChI=1S/C28H30F2/c1-19-3-11-23(12-4-19)25-15-16-26(28(30)18-25)24-13-9-21(10-14-24)7-8-22-6-5-20(2)27(29)17-22/h5-6,9-10,13-19,23H,3-4,7-8,11-12H2,1-2H3. The largest absolute Gasteiger partial charge is 0.207 e. The molecular weight excluding hydrogens is 374 g/mol. The van der Waals surface area contributed by atoms with E-state index in [0.717, 1.165) is 35.4 Å². The Labute approximate surface area is 179 Å². The molecule has 0 radical (unpaired) electrons. The van der Waals surface area contributed by atoms with Gasteiger partial charge < -0.3 is 0 Å². The highest BCUT2D eigenvalue weighted by atomic mass is 19.1. The van der Waals surface area contributed by atoms with Gasteiger partial charge in [-0.2, -0.15) is 0 Å². The monoisotopic (exact) mass is 404 g/mol. The van der Waals surface area contributed by atoms with Crippen molar-refractivity contribution < 1.29 is 8.78 Å². The molecule has 0 nitrogen and oxygen atoms in total. The third kappa shape index (κ3) is 4.80. The molecule has 0 aromatic heterocycles. The van der Waals surface area contributed by atoms with Crippen molar-refractivity contribution in [3.05, 3.63) is 94.6 Å². The molecule has 4 rings (SSSR count). The summed E-state index contributed by atoms with van der Waals surface area (Å²) in [6.07, 6.45) is 6.44. The van der Waals surface area contributed by atoms with E-state index in [1.54, 1.807) is 19.1 Å². The van der Waals surface area contributed by atoms with Crippen LogP contribution in [-0.2, 0) is 12.8 Å². The van der Waals surface area contributed by atoms with E-state index < -0.39 is 0 Å². The van der Waals surface area contributed by atoms with Crippen LogP contribution in [0.2, 0.25) is 0 Å². The second-order valence-electron chi connectivity index (χ2n) is 8.98. The molecule has 1 aliphatic rings. The molecule has 3 aromatic carbocycles. The fraction of sp³-hybridized carbons (Fsp3) is 0.357. The van der Waals surface area contributed by atoms with E-state index in [0.29, 0.717) is 17.0 Å². The van der Waals surface area contributed by atoms with Gasteiger partial charge in [0.15, 0.2) is 0 Å². The van der Waals surface area contributed by atoms with E-state index >= 15 is 0 Å². The van der Waals surface area contributed by atoms with Crippen molar-refractivity contribution >= 4 is 0 Å². The molecule has 0 amide bonds. The van der Waals surface area contributed by atoms with Gasteiger partial charge in [-0.1, -0.05) is 68.3 Å². The maximum Gasteiger partial charge on any atom is 0.131 e. The minimum atomic E-state index is -0.149. The number of hydrogen-bond donors (Lipinski definition) is 0. The number of rotatable bonds is 5. The van der Waals surface area contributed by atoms with E-state index in [1.165, 1.54) is 31.2 Å². The van der Waals surface area contributed by atoms with Crippen molar-refractivity contribution in [3.63, 3.8) is 0 Å². The molecule has 0 spiro atoms. The van der Waals surface area contributed by atoms with Gasteiger partial charge in [0.25, 0.3) is 0 Å². The zero-order chi connectivity index (χ0) is 21.1. The summed E-state index contributed by atoms with van der Waals surface area (Å²) in [5, 5.41) is 0. The first-order valence-corrected chi connectivity index (χ1v) is 11.1. The Morgan fingerprint density at radius 3 is 2.07 bits per heavy atom. The van der Waals surface area contributed by atoms with Crippen LogP contribution < -0.4 is 0 Å². The summed E-state index contributed by atoms with van der Waals surface area (Å²) in [6.45, 7) is 4.09. The minimum absolute atomic E-state index is 0.131.